The summed E-state index contributed by atoms with van der Waals surface area (Å²) in [5.41, 5.74) is 3.39. The zero-order chi connectivity index (χ0) is 10.1. The highest BCUT2D eigenvalue weighted by atomic mass is 35.5. The van der Waals surface area contributed by atoms with Crippen molar-refractivity contribution in [3.8, 4) is 0 Å². The highest BCUT2D eigenvalue weighted by Gasteiger charge is 2.04. The van der Waals surface area contributed by atoms with E-state index in [0.717, 1.165) is 16.9 Å². The second kappa shape index (κ2) is 3.62. The van der Waals surface area contributed by atoms with E-state index in [1.165, 1.54) is 5.56 Å². The highest BCUT2D eigenvalue weighted by molar-refractivity contribution is 6.16. The number of nitrogens with one attached hydrogen (secondary N) is 1. The van der Waals surface area contributed by atoms with Gasteiger partial charge in [-0.05, 0) is 23.6 Å². The second-order valence-electron chi connectivity index (χ2n) is 3.75. The Kier molecular flexibility index (Phi) is 2.46. The maximum Gasteiger partial charge on any atom is 0.122 e. The Morgan fingerprint density at radius 2 is 2.21 bits per heavy atom. The Balaban J connectivity index is 2.54. The van der Waals surface area contributed by atoms with Gasteiger partial charge in [0, 0.05) is 0 Å². The van der Waals surface area contributed by atoms with E-state index < -0.39 is 0 Å². The number of fused-ring (bicyclic) bond motifs is 1. The van der Waals surface area contributed by atoms with Crippen LogP contribution in [-0.4, -0.2) is 9.97 Å². The van der Waals surface area contributed by atoms with E-state index in [1.807, 2.05) is 6.07 Å². The average molecular weight is 209 g/mol. The first-order chi connectivity index (χ1) is 6.70. The molecule has 1 heterocycles. The molecule has 0 bridgehead atoms. The minimum atomic E-state index is 0.436. The molecular formula is C11H13ClN2. The first-order valence-corrected chi connectivity index (χ1v) is 5.28. The molecule has 1 aromatic carbocycles. The molecule has 0 saturated carbocycles. The fraction of sp³-hybridized carbons (Fsp3) is 0.364. The number of halogens is 1. The summed E-state index contributed by atoms with van der Waals surface area (Å²) in [7, 11) is 0. The van der Waals surface area contributed by atoms with Gasteiger partial charge >= 0.3 is 0 Å². The van der Waals surface area contributed by atoms with E-state index >= 15 is 0 Å². The summed E-state index contributed by atoms with van der Waals surface area (Å²) in [5.74, 6) is 1.82. The van der Waals surface area contributed by atoms with Gasteiger partial charge in [-0.3, -0.25) is 0 Å². The lowest BCUT2D eigenvalue weighted by atomic mass is 10.0. The molecule has 0 radical (unpaired) electrons. The number of rotatable bonds is 2. The summed E-state index contributed by atoms with van der Waals surface area (Å²) < 4.78 is 0. The van der Waals surface area contributed by atoms with Crippen LogP contribution in [-0.2, 0) is 5.88 Å². The molecule has 1 aromatic heterocycles. The van der Waals surface area contributed by atoms with Crippen molar-refractivity contribution >= 4 is 22.6 Å². The van der Waals surface area contributed by atoms with Crippen LogP contribution < -0.4 is 0 Å². The van der Waals surface area contributed by atoms with Crippen molar-refractivity contribution in [3.05, 3.63) is 29.6 Å². The standard InChI is InChI=1S/C11H13ClN2/c1-7(2)8-3-4-9-10(5-8)14-11(6-12)13-9/h3-5,7H,6H2,1-2H3,(H,13,14). The number of H-pyrrole nitrogens is 1. The zero-order valence-electron chi connectivity index (χ0n) is 8.34. The molecule has 3 heteroatoms. The number of aromatic amines is 1. The number of aromatic nitrogens is 2. The highest BCUT2D eigenvalue weighted by Crippen LogP contribution is 2.20. The molecule has 74 valence electrons. The molecule has 0 aliphatic carbocycles. The minimum Gasteiger partial charge on any atom is -0.341 e. The third-order valence-electron chi connectivity index (χ3n) is 2.35. The summed E-state index contributed by atoms with van der Waals surface area (Å²) >= 11 is 5.71. The minimum absolute atomic E-state index is 0.436. The Hall–Kier alpha value is -1.02. The molecule has 0 aliphatic heterocycles. The topological polar surface area (TPSA) is 28.7 Å². The van der Waals surface area contributed by atoms with Gasteiger partial charge in [0.2, 0.25) is 0 Å². The van der Waals surface area contributed by atoms with Crippen molar-refractivity contribution < 1.29 is 0 Å². The molecule has 0 unspecified atom stereocenters. The number of hydrogen-bond acceptors (Lipinski definition) is 1. The van der Waals surface area contributed by atoms with Crippen molar-refractivity contribution in [1.29, 1.82) is 0 Å². The molecule has 0 amide bonds. The third kappa shape index (κ3) is 1.62. The number of benzene rings is 1. The van der Waals surface area contributed by atoms with Crippen LogP contribution in [0.3, 0.4) is 0 Å². The predicted octanol–water partition coefficient (Wildman–Crippen LogP) is 3.43. The molecule has 2 nitrogen and oxygen atoms in total. The molecule has 0 aliphatic rings. The Morgan fingerprint density at radius 1 is 1.43 bits per heavy atom. The van der Waals surface area contributed by atoms with Crippen molar-refractivity contribution in [1.82, 2.24) is 9.97 Å². The Labute approximate surface area is 88.3 Å². The third-order valence-corrected chi connectivity index (χ3v) is 2.60. The van der Waals surface area contributed by atoms with Crippen molar-refractivity contribution in [2.45, 2.75) is 25.6 Å². The first-order valence-electron chi connectivity index (χ1n) is 4.75. The number of alkyl halides is 1. The van der Waals surface area contributed by atoms with Gasteiger partial charge in [-0.2, -0.15) is 0 Å². The molecule has 0 saturated heterocycles. The smallest absolute Gasteiger partial charge is 0.122 e. The van der Waals surface area contributed by atoms with Gasteiger partial charge in [-0.15, -0.1) is 11.6 Å². The molecule has 2 rings (SSSR count). The van der Waals surface area contributed by atoms with E-state index in [2.05, 4.69) is 35.9 Å². The molecule has 0 fully saturated rings. The number of nitrogens with zero attached hydrogens (tertiary/aromatic N) is 1. The van der Waals surface area contributed by atoms with Crippen LogP contribution >= 0.6 is 11.6 Å². The van der Waals surface area contributed by atoms with Crippen LogP contribution in [0.15, 0.2) is 18.2 Å². The predicted molar refractivity (Wildman–Crippen MR) is 59.7 cm³/mol. The van der Waals surface area contributed by atoms with Gasteiger partial charge in [-0.1, -0.05) is 19.9 Å². The van der Waals surface area contributed by atoms with Crippen molar-refractivity contribution in [2.24, 2.45) is 0 Å². The van der Waals surface area contributed by atoms with Crippen LogP contribution in [0.25, 0.3) is 11.0 Å². The summed E-state index contributed by atoms with van der Waals surface area (Å²) in [6.07, 6.45) is 0. The van der Waals surface area contributed by atoms with Gasteiger partial charge in [0.05, 0.1) is 16.9 Å². The van der Waals surface area contributed by atoms with Crippen molar-refractivity contribution in [3.63, 3.8) is 0 Å². The maximum atomic E-state index is 5.71. The van der Waals surface area contributed by atoms with Gasteiger partial charge < -0.3 is 4.98 Å². The van der Waals surface area contributed by atoms with Crippen molar-refractivity contribution in [2.75, 3.05) is 0 Å². The molecule has 1 N–H and O–H groups in total. The van der Waals surface area contributed by atoms with Crippen LogP contribution in [0.1, 0.15) is 31.2 Å². The van der Waals surface area contributed by atoms with Crippen LogP contribution in [0.5, 0.6) is 0 Å². The largest absolute Gasteiger partial charge is 0.341 e. The fourth-order valence-corrected chi connectivity index (χ4v) is 1.63. The average Bonchev–Trinajstić information content (AvgIpc) is 2.58. The molecule has 0 atom stereocenters. The number of hydrogen-bond donors (Lipinski definition) is 1. The van der Waals surface area contributed by atoms with Crippen LogP contribution in [0, 0.1) is 0 Å². The van der Waals surface area contributed by atoms with Gasteiger partial charge in [0.1, 0.15) is 5.82 Å². The Morgan fingerprint density at radius 3 is 2.86 bits per heavy atom. The van der Waals surface area contributed by atoms with Crippen LogP contribution in [0.2, 0.25) is 0 Å². The second-order valence-corrected chi connectivity index (χ2v) is 4.02. The maximum absolute atomic E-state index is 5.71. The van der Waals surface area contributed by atoms with Gasteiger partial charge in [0.15, 0.2) is 0 Å². The molecular weight excluding hydrogens is 196 g/mol. The quantitative estimate of drug-likeness (QED) is 0.753. The lowest BCUT2D eigenvalue weighted by Crippen LogP contribution is -1.85. The van der Waals surface area contributed by atoms with E-state index in [4.69, 9.17) is 11.6 Å². The zero-order valence-corrected chi connectivity index (χ0v) is 9.10. The van der Waals surface area contributed by atoms with Gasteiger partial charge in [-0.25, -0.2) is 4.98 Å². The Bertz CT molecular complexity index is 445. The SMILES string of the molecule is CC(C)c1ccc2nc(CCl)[nH]c2c1. The summed E-state index contributed by atoms with van der Waals surface area (Å²) in [5, 5.41) is 0. The molecule has 0 spiro atoms. The monoisotopic (exact) mass is 208 g/mol. The fourth-order valence-electron chi connectivity index (χ4n) is 1.50. The summed E-state index contributed by atoms with van der Waals surface area (Å²) in [6, 6.07) is 6.30. The van der Waals surface area contributed by atoms with E-state index in [-0.39, 0.29) is 0 Å². The molecule has 2 aromatic rings. The van der Waals surface area contributed by atoms with Crippen LogP contribution in [0.4, 0.5) is 0 Å². The number of imidazole rings is 1. The van der Waals surface area contributed by atoms with E-state index in [0.29, 0.717) is 11.8 Å². The van der Waals surface area contributed by atoms with E-state index in [1.54, 1.807) is 0 Å². The normalized spacial score (nSPS) is 11.4. The molecule has 14 heavy (non-hydrogen) atoms. The summed E-state index contributed by atoms with van der Waals surface area (Å²) in [4.78, 5) is 7.54. The first kappa shape index (κ1) is 9.53. The summed E-state index contributed by atoms with van der Waals surface area (Å²) in [6.45, 7) is 4.36. The van der Waals surface area contributed by atoms with E-state index in [9.17, 15) is 0 Å². The lowest BCUT2D eigenvalue weighted by Gasteiger charge is -2.03. The lowest BCUT2D eigenvalue weighted by molar-refractivity contribution is 0.868. The van der Waals surface area contributed by atoms with Gasteiger partial charge in [0.25, 0.3) is 0 Å².